The molecule has 0 spiro atoms. The van der Waals surface area contributed by atoms with Gasteiger partial charge in [0.25, 0.3) is 12.0 Å². The second kappa shape index (κ2) is 10.3. The van der Waals surface area contributed by atoms with Crippen LogP contribution in [0.3, 0.4) is 0 Å². The van der Waals surface area contributed by atoms with Crippen molar-refractivity contribution in [3.63, 3.8) is 0 Å². The van der Waals surface area contributed by atoms with E-state index in [1.165, 1.54) is 0 Å². The van der Waals surface area contributed by atoms with E-state index in [-0.39, 0.29) is 6.54 Å². The van der Waals surface area contributed by atoms with Crippen LogP contribution in [0, 0.1) is 5.82 Å². The number of para-hydroxylation sites is 1. The molecule has 1 aromatic carbocycles. The van der Waals surface area contributed by atoms with Gasteiger partial charge in [-0.1, -0.05) is 18.2 Å². The van der Waals surface area contributed by atoms with Gasteiger partial charge in [0, 0.05) is 6.42 Å². The molecule has 2 N–H and O–H groups in total. The number of hydrogen-bond donors (Lipinski definition) is 2. The van der Waals surface area contributed by atoms with Gasteiger partial charge in [-0.15, -0.1) is 0 Å². The zero-order chi connectivity index (χ0) is 23.3. The maximum atomic E-state index is 14.6. The van der Waals surface area contributed by atoms with E-state index in [1.54, 1.807) is 35.3 Å². The zero-order valence-corrected chi connectivity index (χ0v) is 17.1. The largest absolute Gasteiger partial charge is 0.436 e. The fraction of sp³-hybridized carbons (Fsp3) is 0.389. The average Bonchev–Trinajstić information content (AvgIpc) is 3.11. The Balaban J connectivity index is 1.79. The van der Waals surface area contributed by atoms with Gasteiger partial charge in [0.15, 0.2) is 11.8 Å². The number of aromatic amines is 1. The van der Waals surface area contributed by atoms with Crippen molar-refractivity contribution >= 4 is 14.8 Å². The molecule has 1 aromatic heterocycles. The third-order valence-corrected chi connectivity index (χ3v) is 5.64. The van der Waals surface area contributed by atoms with E-state index in [0.717, 1.165) is 0 Å². The summed E-state index contributed by atoms with van der Waals surface area (Å²) < 4.78 is 72.5. The van der Waals surface area contributed by atoms with Gasteiger partial charge in [-0.2, -0.15) is 4.39 Å². The molecule has 0 aliphatic carbocycles. The summed E-state index contributed by atoms with van der Waals surface area (Å²) in [6.45, 7) is -1.08. The van der Waals surface area contributed by atoms with Crippen molar-refractivity contribution in [2.45, 2.75) is 30.8 Å². The number of alkyl halides is 3. The van der Waals surface area contributed by atoms with Crippen molar-refractivity contribution in [1.29, 1.82) is 0 Å². The smallest absolute Gasteiger partial charge is 0.330 e. The van der Waals surface area contributed by atoms with Crippen LogP contribution in [0.25, 0.3) is 0 Å². The molecule has 2 heterocycles. The summed E-state index contributed by atoms with van der Waals surface area (Å²) >= 11 is 0. The number of benzene rings is 1. The van der Waals surface area contributed by atoms with E-state index >= 15 is 0 Å². The number of halogens is 4. The Hall–Kier alpha value is -2.60. The summed E-state index contributed by atoms with van der Waals surface area (Å²) in [6, 6.07) is 8.17. The highest BCUT2D eigenvalue weighted by Crippen LogP contribution is 2.45. The first-order valence-corrected chi connectivity index (χ1v) is 10.4. The summed E-state index contributed by atoms with van der Waals surface area (Å²) in [5.41, 5.74) is -5.06. The van der Waals surface area contributed by atoms with Gasteiger partial charge in [0.2, 0.25) is 5.82 Å². The molecule has 174 valence electrons. The lowest BCUT2D eigenvalue weighted by atomic mass is 10.0. The van der Waals surface area contributed by atoms with E-state index < -0.39 is 63.0 Å². The van der Waals surface area contributed by atoms with Gasteiger partial charge in [-0.05, 0) is 12.1 Å². The molecule has 4 unspecified atom stereocenters. The number of nitrogens with zero attached hydrogens (tertiary/aromatic N) is 1. The second-order valence-electron chi connectivity index (χ2n) is 6.70. The highest BCUT2D eigenvalue weighted by Gasteiger charge is 2.55. The minimum Gasteiger partial charge on any atom is -0.436 e. The number of aromatic nitrogens is 2. The Kier molecular flexibility index (Phi) is 7.77. The summed E-state index contributed by atoms with van der Waals surface area (Å²) in [7, 11) is -2.11. The lowest BCUT2D eigenvalue weighted by molar-refractivity contribution is -0.168. The molecule has 0 amide bonds. The predicted molar refractivity (Wildman–Crippen MR) is 104 cm³/mol. The Morgan fingerprint density at radius 3 is 2.72 bits per heavy atom. The topological polar surface area (TPSA) is 112 Å². The molecule has 2 aromatic rings. The highest BCUT2D eigenvalue weighted by atomic mass is 31.2. The van der Waals surface area contributed by atoms with Crippen molar-refractivity contribution in [3.8, 4) is 5.75 Å². The van der Waals surface area contributed by atoms with E-state index in [0.29, 0.717) is 22.8 Å². The van der Waals surface area contributed by atoms with Crippen LogP contribution in [-0.2, 0) is 14.1 Å². The van der Waals surface area contributed by atoms with Crippen molar-refractivity contribution in [1.82, 2.24) is 14.6 Å². The van der Waals surface area contributed by atoms with Gasteiger partial charge < -0.3 is 18.6 Å². The van der Waals surface area contributed by atoms with Gasteiger partial charge in [-0.25, -0.2) is 23.1 Å². The van der Waals surface area contributed by atoms with Crippen LogP contribution in [0.1, 0.15) is 12.6 Å². The molecule has 0 radical (unpaired) electrons. The Morgan fingerprint density at radius 2 is 2.06 bits per heavy atom. The first-order valence-electron chi connectivity index (χ1n) is 9.20. The van der Waals surface area contributed by atoms with Crippen molar-refractivity contribution in [3.05, 3.63) is 63.2 Å². The van der Waals surface area contributed by atoms with Crippen molar-refractivity contribution in [2.75, 3.05) is 13.2 Å². The summed E-state index contributed by atoms with van der Waals surface area (Å²) in [4.78, 5) is 35.4. The third kappa shape index (κ3) is 5.41. The molecular formula is C18H18F4N3O6P. The van der Waals surface area contributed by atoms with Crippen LogP contribution < -0.4 is 20.9 Å². The van der Waals surface area contributed by atoms with Crippen LogP contribution in [-0.4, -0.2) is 47.2 Å². The fourth-order valence-corrected chi connectivity index (χ4v) is 4.01. The van der Waals surface area contributed by atoms with Crippen LogP contribution in [0.4, 0.5) is 17.6 Å². The van der Waals surface area contributed by atoms with Gasteiger partial charge in [-0.3, -0.25) is 14.3 Å². The predicted octanol–water partition coefficient (Wildman–Crippen LogP) is 2.05. The van der Waals surface area contributed by atoms with Crippen molar-refractivity contribution < 1.29 is 36.1 Å². The second-order valence-corrected chi connectivity index (χ2v) is 7.97. The molecule has 9 nitrogen and oxygen atoms in total. The number of ether oxygens (including phenoxy) is 1. The van der Waals surface area contributed by atoms with Crippen LogP contribution >= 0.6 is 8.53 Å². The maximum Gasteiger partial charge on any atom is 0.330 e. The van der Waals surface area contributed by atoms with E-state index in [1.807, 2.05) is 0 Å². The summed E-state index contributed by atoms with van der Waals surface area (Å²) in [5.74, 6) is -1.09. The molecule has 4 atom stereocenters. The van der Waals surface area contributed by atoms with Gasteiger partial charge >= 0.3 is 14.2 Å². The first-order chi connectivity index (χ1) is 15.3. The number of aldehydes is 1. The minimum absolute atomic E-state index is 0.207. The molecular weight excluding hydrogens is 461 g/mol. The molecule has 32 heavy (non-hydrogen) atoms. The maximum absolute atomic E-state index is 14.6. The molecule has 0 bridgehead atoms. The fourth-order valence-electron chi connectivity index (χ4n) is 2.93. The summed E-state index contributed by atoms with van der Waals surface area (Å²) in [5, 5.41) is 2.59. The standard InChI is InChI=1S/C18H18F4N3O6P/c19-12-8-18(16(21)22,30-15(12)25-9-13(20)14(27)24-17(25)28)10-29-32(23-6-7-26)31-11-4-2-1-3-5-11/h1-5,7,9,12,15-16,23H,6,8,10H2,(H,24,27,28). The normalized spacial score (nSPS) is 23.9. The third-order valence-electron chi connectivity index (χ3n) is 4.46. The van der Waals surface area contributed by atoms with Crippen LogP contribution in [0.5, 0.6) is 5.75 Å². The van der Waals surface area contributed by atoms with E-state index in [2.05, 4.69) is 5.09 Å². The monoisotopic (exact) mass is 479 g/mol. The highest BCUT2D eigenvalue weighted by molar-refractivity contribution is 7.45. The SMILES string of the molecule is O=CCNP(OCC1(C(F)F)CC(F)C(n2cc(F)c(=O)[nH]c2=O)O1)Oc1ccccc1. The number of carbonyl (C=O) groups is 1. The van der Waals surface area contributed by atoms with Gasteiger partial charge in [0.05, 0.1) is 19.3 Å². The molecule has 1 saturated heterocycles. The van der Waals surface area contributed by atoms with Gasteiger partial charge in [0.1, 0.15) is 18.2 Å². The molecule has 3 rings (SSSR count). The quantitative estimate of drug-likeness (QED) is 0.305. The lowest BCUT2D eigenvalue weighted by Crippen LogP contribution is -2.43. The molecule has 1 aliphatic heterocycles. The Morgan fingerprint density at radius 1 is 1.34 bits per heavy atom. The molecule has 0 saturated carbocycles. The first kappa shape index (κ1) is 24.1. The summed E-state index contributed by atoms with van der Waals surface area (Å²) in [6.07, 6.45) is -7.31. The minimum atomic E-state index is -3.26. The zero-order valence-electron chi connectivity index (χ0n) is 16.3. The average molecular weight is 479 g/mol. The number of hydrogen-bond acceptors (Lipinski definition) is 7. The van der Waals surface area contributed by atoms with E-state index in [9.17, 15) is 31.9 Å². The molecule has 14 heteroatoms. The molecule has 1 fully saturated rings. The molecule has 1 aliphatic rings. The van der Waals surface area contributed by atoms with Crippen molar-refractivity contribution in [2.24, 2.45) is 0 Å². The Bertz CT molecular complexity index is 1040. The number of nitrogens with one attached hydrogen (secondary N) is 2. The van der Waals surface area contributed by atoms with Crippen LogP contribution in [0.15, 0.2) is 46.1 Å². The lowest BCUT2D eigenvalue weighted by Gasteiger charge is -2.29. The van der Waals surface area contributed by atoms with E-state index in [4.69, 9.17) is 13.8 Å². The number of rotatable bonds is 10. The Labute approximate surface area is 179 Å². The number of H-pyrrole nitrogens is 1. The van der Waals surface area contributed by atoms with Crippen LogP contribution in [0.2, 0.25) is 0 Å². The number of carbonyl (C=O) groups excluding carboxylic acids is 1.